The van der Waals surface area contributed by atoms with Crippen molar-refractivity contribution in [1.82, 2.24) is 15.2 Å². The number of anilines is 1. The summed E-state index contributed by atoms with van der Waals surface area (Å²) in [6, 6.07) is 9.82. The van der Waals surface area contributed by atoms with Crippen molar-refractivity contribution in [2.45, 2.75) is 37.9 Å². The van der Waals surface area contributed by atoms with Gasteiger partial charge in [-0.05, 0) is 36.6 Å². The molecule has 2 fully saturated rings. The van der Waals surface area contributed by atoms with Gasteiger partial charge in [0.05, 0.1) is 23.9 Å². The second kappa shape index (κ2) is 8.99. The first-order chi connectivity index (χ1) is 14.9. The fourth-order valence-electron chi connectivity index (χ4n) is 3.98. The number of aromatic nitrogens is 1. The number of hydrogen-bond acceptors (Lipinski definition) is 7. The first-order valence-electron chi connectivity index (χ1n) is 10.1. The molecule has 31 heavy (non-hydrogen) atoms. The molecule has 2 saturated heterocycles. The molecule has 2 amide bonds. The summed E-state index contributed by atoms with van der Waals surface area (Å²) in [5.41, 5.74) is 0.823. The second-order valence-corrected chi connectivity index (χ2v) is 8.20. The molecule has 2 aliphatic rings. The molecule has 0 radical (unpaired) electrons. The number of rotatable bonds is 6. The molecular formula is C21H22ClN5O4. The Morgan fingerprint density at radius 2 is 1.84 bits per heavy atom. The van der Waals surface area contributed by atoms with Gasteiger partial charge in [0.1, 0.15) is 12.0 Å². The molecule has 1 N–H and O–H groups in total. The summed E-state index contributed by atoms with van der Waals surface area (Å²) < 4.78 is 0. The van der Waals surface area contributed by atoms with E-state index in [1.54, 1.807) is 18.2 Å². The van der Waals surface area contributed by atoms with Gasteiger partial charge in [-0.3, -0.25) is 24.6 Å². The van der Waals surface area contributed by atoms with E-state index in [2.05, 4.69) is 15.2 Å². The van der Waals surface area contributed by atoms with Crippen LogP contribution in [0.5, 0.6) is 0 Å². The Morgan fingerprint density at radius 3 is 2.45 bits per heavy atom. The zero-order chi connectivity index (χ0) is 22.0. The van der Waals surface area contributed by atoms with E-state index in [0.717, 1.165) is 18.4 Å². The molecule has 1 aromatic heterocycles. The van der Waals surface area contributed by atoms with Crippen LogP contribution >= 0.6 is 11.6 Å². The van der Waals surface area contributed by atoms with Crippen LogP contribution in [0.4, 0.5) is 11.5 Å². The van der Waals surface area contributed by atoms with E-state index >= 15 is 0 Å². The summed E-state index contributed by atoms with van der Waals surface area (Å²) in [6.07, 6.45) is 3.00. The Morgan fingerprint density at radius 1 is 1.13 bits per heavy atom. The van der Waals surface area contributed by atoms with Crippen molar-refractivity contribution in [3.8, 4) is 0 Å². The number of pyridine rings is 1. The quantitative estimate of drug-likeness (QED) is 0.415. The average Bonchev–Trinajstić information content (AvgIpc) is 3.03. The van der Waals surface area contributed by atoms with Crippen LogP contribution in [-0.4, -0.2) is 51.8 Å². The minimum atomic E-state index is -0.506. The molecule has 0 unspecified atom stereocenters. The van der Waals surface area contributed by atoms with Crippen LogP contribution in [0.15, 0.2) is 42.6 Å². The normalized spacial score (nSPS) is 19.8. The molecule has 4 rings (SSSR count). The van der Waals surface area contributed by atoms with E-state index in [0.29, 0.717) is 23.9 Å². The number of amides is 2. The number of carbonyl (C=O) groups excluding carboxylic acids is 2. The van der Waals surface area contributed by atoms with Crippen LogP contribution in [0.1, 0.15) is 24.8 Å². The van der Waals surface area contributed by atoms with Gasteiger partial charge < -0.3 is 10.2 Å². The number of nitrogens with one attached hydrogen (secondary N) is 1. The standard InChI is InChI=1S/C21H22ClN5O4/c22-15-3-1-14(2-4-15)13-26-20(28)11-18(21(26)29)24-16-7-9-25(10-8-16)19-6-5-17(12-23-19)27(30)31/h1-6,12,16,18,24H,7-11,13H2/t18-/m0/s1. The smallest absolute Gasteiger partial charge is 0.287 e. The monoisotopic (exact) mass is 443 g/mol. The van der Waals surface area contributed by atoms with Gasteiger partial charge in [-0.25, -0.2) is 4.98 Å². The molecule has 9 nitrogen and oxygen atoms in total. The maximum Gasteiger partial charge on any atom is 0.287 e. The largest absolute Gasteiger partial charge is 0.356 e. The number of likely N-dealkylation sites (tertiary alicyclic amines) is 1. The minimum Gasteiger partial charge on any atom is -0.356 e. The molecule has 1 aromatic carbocycles. The molecule has 10 heteroatoms. The number of benzene rings is 1. The summed E-state index contributed by atoms with van der Waals surface area (Å²) in [5.74, 6) is 0.328. The van der Waals surface area contributed by atoms with Crippen molar-refractivity contribution in [2.24, 2.45) is 0 Å². The summed E-state index contributed by atoms with van der Waals surface area (Å²) in [5, 5.41) is 14.7. The third-order valence-electron chi connectivity index (χ3n) is 5.70. The predicted octanol–water partition coefficient (Wildman–Crippen LogP) is 2.53. The highest BCUT2D eigenvalue weighted by Gasteiger charge is 2.39. The Labute approximate surface area is 184 Å². The van der Waals surface area contributed by atoms with Gasteiger partial charge in [0, 0.05) is 30.2 Å². The van der Waals surface area contributed by atoms with Crippen LogP contribution in [0, 0.1) is 10.1 Å². The second-order valence-electron chi connectivity index (χ2n) is 7.76. The third-order valence-corrected chi connectivity index (χ3v) is 5.95. The van der Waals surface area contributed by atoms with Crippen molar-refractivity contribution in [3.63, 3.8) is 0 Å². The highest BCUT2D eigenvalue weighted by molar-refractivity contribution is 6.30. The summed E-state index contributed by atoms with van der Waals surface area (Å²) in [7, 11) is 0. The van der Waals surface area contributed by atoms with Crippen molar-refractivity contribution in [3.05, 3.63) is 63.3 Å². The van der Waals surface area contributed by atoms with E-state index in [9.17, 15) is 19.7 Å². The number of carbonyl (C=O) groups is 2. The Balaban J connectivity index is 1.30. The zero-order valence-electron chi connectivity index (χ0n) is 16.7. The lowest BCUT2D eigenvalue weighted by atomic mass is 10.0. The van der Waals surface area contributed by atoms with E-state index in [1.165, 1.54) is 17.2 Å². The number of nitro groups is 1. The fourth-order valence-corrected chi connectivity index (χ4v) is 4.11. The summed E-state index contributed by atoms with van der Waals surface area (Å²) in [6.45, 7) is 1.68. The molecule has 0 aliphatic carbocycles. The lowest BCUT2D eigenvalue weighted by molar-refractivity contribution is -0.385. The van der Waals surface area contributed by atoms with Crippen LogP contribution in [0.25, 0.3) is 0 Å². The number of halogens is 1. The van der Waals surface area contributed by atoms with Crippen molar-refractivity contribution >= 4 is 34.9 Å². The zero-order valence-corrected chi connectivity index (χ0v) is 17.5. The van der Waals surface area contributed by atoms with Crippen LogP contribution < -0.4 is 10.2 Å². The van der Waals surface area contributed by atoms with Crippen molar-refractivity contribution in [2.75, 3.05) is 18.0 Å². The van der Waals surface area contributed by atoms with Crippen molar-refractivity contribution < 1.29 is 14.5 Å². The molecule has 1 atom stereocenters. The Bertz CT molecular complexity index is 974. The van der Waals surface area contributed by atoms with Crippen LogP contribution in [-0.2, 0) is 16.1 Å². The molecule has 0 spiro atoms. The highest BCUT2D eigenvalue weighted by atomic mass is 35.5. The molecular weight excluding hydrogens is 422 g/mol. The lowest BCUT2D eigenvalue weighted by Gasteiger charge is -2.34. The highest BCUT2D eigenvalue weighted by Crippen LogP contribution is 2.23. The Kier molecular flexibility index (Phi) is 6.15. The van der Waals surface area contributed by atoms with Gasteiger partial charge >= 0.3 is 0 Å². The molecule has 2 aromatic rings. The number of piperidine rings is 1. The number of nitrogens with zero attached hydrogens (tertiary/aromatic N) is 4. The van der Waals surface area contributed by atoms with Crippen LogP contribution in [0.3, 0.4) is 0 Å². The number of hydrogen-bond donors (Lipinski definition) is 1. The van der Waals surface area contributed by atoms with Gasteiger partial charge in [-0.1, -0.05) is 23.7 Å². The molecule has 0 saturated carbocycles. The van der Waals surface area contributed by atoms with E-state index < -0.39 is 11.0 Å². The Hall–Kier alpha value is -3.04. The molecule has 0 bridgehead atoms. The maximum absolute atomic E-state index is 12.8. The summed E-state index contributed by atoms with van der Waals surface area (Å²) in [4.78, 5) is 43.0. The maximum atomic E-state index is 12.8. The van der Waals surface area contributed by atoms with Gasteiger partial charge in [0.25, 0.3) is 5.69 Å². The van der Waals surface area contributed by atoms with E-state index in [1.807, 2.05) is 12.1 Å². The molecule has 162 valence electrons. The van der Waals surface area contributed by atoms with E-state index in [-0.39, 0.29) is 36.5 Å². The molecule has 2 aliphatic heterocycles. The first kappa shape index (κ1) is 21.2. The summed E-state index contributed by atoms with van der Waals surface area (Å²) >= 11 is 5.89. The SMILES string of the molecule is O=C1C[C@H](NC2CCN(c3ccc([N+](=O)[O-])cn3)CC2)C(=O)N1Cc1ccc(Cl)cc1. The topological polar surface area (TPSA) is 109 Å². The third kappa shape index (κ3) is 4.83. The number of imide groups is 1. The average molecular weight is 444 g/mol. The van der Waals surface area contributed by atoms with Gasteiger partial charge in [0.2, 0.25) is 11.8 Å². The van der Waals surface area contributed by atoms with Crippen LogP contribution in [0.2, 0.25) is 5.02 Å². The predicted molar refractivity (Wildman–Crippen MR) is 115 cm³/mol. The fraction of sp³-hybridized carbons (Fsp3) is 0.381. The lowest BCUT2D eigenvalue weighted by Crippen LogP contribution is -2.48. The molecule has 3 heterocycles. The van der Waals surface area contributed by atoms with Crippen molar-refractivity contribution in [1.29, 1.82) is 0 Å². The van der Waals surface area contributed by atoms with E-state index in [4.69, 9.17) is 11.6 Å². The van der Waals surface area contributed by atoms with Gasteiger partial charge in [-0.15, -0.1) is 0 Å². The van der Waals surface area contributed by atoms with Gasteiger partial charge in [0.15, 0.2) is 0 Å². The first-order valence-corrected chi connectivity index (χ1v) is 10.5. The van der Waals surface area contributed by atoms with Gasteiger partial charge in [-0.2, -0.15) is 0 Å². The minimum absolute atomic E-state index is 0.0344.